The van der Waals surface area contributed by atoms with Gasteiger partial charge < -0.3 is 10.0 Å². The van der Waals surface area contributed by atoms with Crippen LogP contribution in [0.25, 0.3) is 0 Å². The Hall–Kier alpha value is -1.08. The molecule has 1 rings (SSSR count). The van der Waals surface area contributed by atoms with Crippen LogP contribution in [-0.2, 0) is 4.79 Å². The lowest BCUT2D eigenvalue weighted by Crippen LogP contribution is -2.48. The summed E-state index contributed by atoms with van der Waals surface area (Å²) in [6.07, 6.45) is 3.84. The van der Waals surface area contributed by atoms with E-state index < -0.39 is 11.4 Å². The molecule has 1 saturated heterocycles. The summed E-state index contributed by atoms with van der Waals surface area (Å²) in [5.41, 5.74) is -0.567. The van der Waals surface area contributed by atoms with Crippen molar-refractivity contribution in [3.05, 3.63) is 0 Å². The van der Waals surface area contributed by atoms with E-state index in [1.807, 2.05) is 6.92 Å². The summed E-state index contributed by atoms with van der Waals surface area (Å²) >= 11 is 0. The van der Waals surface area contributed by atoms with Crippen LogP contribution in [0, 0.1) is 16.7 Å². The van der Waals surface area contributed by atoms with Crippen LogP contribution in [0.5, 0.6) is 0 Å². The number of nitriles is 1. The molecule has 1 atom stereocenters. The van der Waals surface area contributed by atoms with Gasteiger partial charge in [0.1, 0.15) is 0 Å². The van der Waals surface area contributed by atoms with Crippen molar-refractivity contribution in [2.75, 3.05) is 19.6 Å². The van der Waals surface area contributed by atoms with Gasteiger partial charge in [0.05, 0.1) is 11.5 Å². The molecule has 0 bridgehead atoms. The molecular formula is C12H20N2O2. The predicted octanol–water partition coefficient (Wildman–Crippen LogP) is 1.87. The van der Waals surface area contributed by atoms with E-state index in [-0.39, 0.29) is 0 Å². The van der Waals surface area contributed by atoms with Crippen molar-refractivity contribution >= 4 is 5.97 Å². The van der Waals surface area contributed by atoms with Gasteiger partial charge in [-0.3, -0.25) is 4.79 Å². The van der Waals surface area contributed by atoms with E-state index in [0.29, 0.717) is 19.5 Å². The molecule has 4 heteroatoms. The summed E-state index contributed by atoms with van der Waals surface area (Å²) in [6.45, 7) is 4.27. The molecule has 1 aliphatic heterocycles. The number of carboxylic acids is 1. The number of rotatable bonds is 5. The Bertz CT molecular complexity index is 281. The summed E-state index contributed by atoms with van der Waals surface area (Å²) < 4.78 is 0. The number of hydrogen-bond donors (Lipinski definition) is 1. The molecular weight excluding hydrogens is 204 g/mol. The third-order valence-corrected chi connectivity index (χ3v) is 3.38. The summed E-state index contributed by atoms with van der Waals surface area (Å²) in [4.78, 5) is 13.5. The van der Waals surface area contributed by atoms with Crippen LogP contribution in [-0.4, -0.2) is 35.6 Å². The summed E-state index contributed by atoms with van der Waals surface area (Å²) in [5.74, 6) is -0.670. The highest BCUT2D eigenvalue weighted by molar-refractivity contribution is 5.75. The third-order valence-electron chi connectivity index (χ3n) is 3.38. The van der Waals surface area contributed by atoms with Crippen molar-refractivity contribution in [2.24, 2.45) is 5.41 Å². The Morgan fingerprint density at radius 2 is 2.38 bits per heavy atom. The minimum atomic E-state index is -0.670. The van der Waals surface area contributed by atoms with Crippen molar-refractivity contribution in [1.29, 1.82) is 5.26 Å². The van der Waals surface area contributed by atoms with E-state index in [1.54, 1.807) is 0 Å². The summed E-state index contributed by atoms with van der Waals surface area (Å²) in [6, 6.07) is 2.11. The number of carboxylic acid groups (broad SMARTS) is 1. The number of hydrogen-bond acceptors (Lipinski definition) is 3. The molecule has 4 nitrogen and oxygen atoms in total. The van der Waals surface area contributed by atoms with Gasteiger partial charge in [-0.15, -0.1) is 0 Å². The maximum atomic E-state index is 11.4. The van der Waals surface area contributed by atoms with Gasteiger partial charge in [0.2, 0.25) is 0 Å². The van der Waals surface area contributed by atoms with E-state index in [0.717, 1.165) is 32.2 Å². The van der Waals surface area contributed by atoms with E-state index >= 15 is 0 Å². The van der Waals surface area contributed by atoms with Gasteiger partial charge >= 0.3 is 5.97 Å². The third kappa shape index (κ3) is 2.96. The van der Waals surface area contributed by atoms with E-state index in [2.05, 4.69) is 11.0 Å². The van der Waals surface area contributed by atoms with Crippen LogP contribution in [0.2, 0.25) is 0 Å². The van der Waals surface area contributed by atoms with Gasteiger partial charge in [0, 0.05) is 19.5 Å². The number of likely N-dealkylation sites (tertiary alicyclic amines) is 1. The zero-order valence-electron chi connectivity index (χ0n) is 9.91. The summed E-state index contributed by atoms with van der Waals surface area (Å²) in [7, 11) is 0. The molecule has 1 aliphatic rings. The zero-order chi connectivity index (χ0) is 12.0. The second kappa shape index (κ2) is 5.86. The first-order valence-electron chi connectivity index (χ1n) is 5.97. The summed E-state index contributed by atoms with van der Waals surface area (Å²) in [5, 5.41) is 17.9. The fraction of sp³-hybridized carbons (Fsp3) is 0.833. The smallest absolute Gasteiger partial charge is 0.310 e. The van der Waals surface area contributed by atoms with Crippen LogP contribution in [0.1, 0.15) is 39.0 Å². The minimum absolute atomic E-state index is 0.488. The maximum absolute atomic E-state index is 11.4. The van der Waals surface area contributed by atoms with Crippen molar-refractivity contribution in [3.63, 3.8) is 0 Å². The highest BCUT2D eigenvalue weighted by Gasteiger charge is 2.41. The SMILES string of the molecule is CCCC1(C(=O)O)CCCN(CCC#N)C1. The topological polar surface area (TPSA) is 64.3 Å². The molecule has 0 saturated carbocycles. The highest BCUT2D eigenvalue weighted by Crippen LogP contribution is 2.34. The van der Waals surface area contributed by atoms with Crippen LogP contribution < -0.4 is 0 Å². The van der Waals surface area contributed by atoms with Gasteiger partial charge in [0.25, 0.3) is 0 Å². The molecule has 0 radical (unpaired) electrons. The standard InChI is InChI=1S/C12H20N2O2/c1-2-5-12(11(15)16)6-3-8-14(10-12)9-4-7-13/h2-6,8-10H2,1H3,(H,15,16). The average Bonchev–Trinajstić information content (AvgIpc) is 2.27. The Morgan fingerprint density at radius 3 is 2.94 bits per heavy atom. The molecule has 0 amide bonds. The Morgan fingerprint density at radius 1 is 1.62 bits per heavy atom. The van der Waals surface area contributed by atoms with Crippen molar-refractivity contribution in [2.45, 2.75) is 39.0 Å². The molecule has 1 heterocycles. The molecule has 16 heavy (non-hydrogen) atoms. The average molecular weight is 224 g/mol. The molecule has 1 fully saturated rings. The van der Waals surface area contributed by atoms with Gasteiger partial charge in [-0.25, -0.2) is 0 Å². The lowest BCUT2D eigenvalue weighted by atomic mass is 9.76. The number of aliphatic carboxylic acids is 1. The van der Waals surface area contributed by atoms with Gasteiger partial charge in [-0.05, 0) is 25.8 Å². The molecule has 0 aromatic heterocycles. The van der Waals surface area contributed by atoms with Crippen LogP contribution in [0.3, 0.4) is 0 Å². The molecule has 0 aliphatic carbocycles. The first-order valence-corrected chi connectivity index (χ1v) is 5.97. The normalized spacial score (nSPS) is 26.2. The van der Waals surface area contributed by atoms with Gasteiger partial charge in [-0.1, -0.05) is 13.3 Å². The van der Waals surface area contributed by atoms with Crippen LogP contribution >= 0.6 is 0 Å². The molecule has 1 N–H and O–H groups in total. The molecule has 0 aromatic rings. The second-order valence-electron chi connectivity index (χ2n) is 4.62. The Labute approximate surface area is 96.9 Å². The van der Waals surface area contributed by atoms with Crippen molar-refractivity contribution in [1.82, 2.24) is 4.90 Å². The molecule has 0 spiro atoms. The quantitative estimate of drug-likeness (QED) is 0.774. The number of carbonyl (C=O) groups is 1. The van der Waals surface area contributed by atoms with Crippen molar-refractivity contribution in [3.8, 4) is 6.07 Å². The molecule has 90 valence electrons. The monoisotopic (exact) mass is 224 g/mol. The Balaban J connectivity index is 2.64. The lowest BCUT2D eigenvalue weighted by molar-refractivity contribution is -0.153. The first kappa shape index (κ1) is 13.0. The zero-order valence-corrected chi connectivity index (χ0v) is 9.91. The number of piperidine rings is 1. The molecule has 1 unspecified atom stereocenters. The maximum Gasteiger partial charge on any atom is 0.310 e. The fourth-order valence-electron chi connectivity index (χ4n) is 2.59. The lowest BCUT2D eigenvalue weighted by Gasteiger charge is -2.39. The van der Waals surface area contributed by atoms with Crippen LogP contribution in [0.4, 0.5) is 0 Å². The highest BCUT2D eigenvalue weighted by atomic mass is 16.4. The van der Waals surface area contributed by atoms with Crippen LogP contribution in [0.15, 0.2) is 0 Å². The predicted molar refractivity (Wildman–Crippen MR) is 60.9 cm³/mol. The van der Waals surface area contributed by atoms with E-state index in [1.165, 1.54) is 0 Å². The van der Waals surface area contributed by atoms with Gasteiger partial charge in [0.15, 0.2) is 0 Å². The minimum Gasteiger partial charge on any atom is -0.481 e. The fourth-order valence-corrected chi connectivity index (χ4v) is 2.59. The van der Waals surface area contributed by atoms with Crippen molar-refractivity contribution < 1.29 is 9.90 Å². The first-order chi connectivity index (χ1) is 7.64. The number of nitrogens with zero attached hydrogens (tertiary/aromatic N) is 2. The van der Waals surface area contributed by atoms with E-state index in [9.17, 15) is 9.90 Å². The Kier molecular flexibility index (Phi) is 4.75. The molecule has 0 aromatic carbocycles. The van der Waals surface area contributed by atoms with E-state index in [4.69, 9.17) is 5.26 Å². The largest absolute Gasteiger partial charge is 0.481 e. The van der Waals surface area contributed by atoms with Gasteiger partial charge in [-0.2, -0.15) is 5.26 Å². The second-order valence-corrected chi connectivity index (χ2v) is 4.62.